The molecule has 0 spiro atoms. The van der Waals surface area contributed by atoms with Crippen molar-refractivity contribution in [1.82, 2.24) is 0 Å². The van der Waals surface area contributed by atoms with Crippen LogP contribution in [0, 0.1) is 50.2 Å². The number of carbonyl (C=O) groups is 2. The molecule has 0 radical (unpaired) electrons. The number of carbonyl (C=O) groups excluding carboxylic acids is 1. The summed E-state index contributed by atoms with van der Waals surface area (Å²) >= 11 is 0. The number of rotatable bonds is 21. The first kappa shape index (κ1) is 48.5. The number of aliphatic carboxylic acids is 1. The highest BCUT2D eigenvalue weighted by Crippen LogP contribution is 2.76. The number of esters is 1. The average molecular weight is 833 g/mol. The SMILES string of the molecule is CCCCCCCCCCCCCCCC(=O)OC(OC1C(O)CC2(C)C(CCC3(C)C2CC=C2C4CC(C)(C)CCC4(C(=O)O)C(O)CC23C)C1(C)CO)C(O)CO. The fourth-order valence-electron chi connectivity index (χ4n) is 14.0. The third-order valence-electron chi connectivity index (χ3n) is 17.6. The molecular formula is C49H84O10. The van der Waals surface area contributed by atoms with Gasteiger partial charge in [0, 0.05) is 11.8 Å². The van der Waals surface area contributed by atoms with E-state index in [1.165, 1.54) is 63.4 Å². The monoisotopic (exact) mass is 833 g/mol. The summed E-state index contributed by atoms with van der Waals surface area (Å²) in [7, 11) is 0. The van der Waals surface area contributed by atoms with E-state index in [2.05, 4.69) is 47.6 Å². The van der Waals surface area contributed by atoms with Gasteiger partial charge < -0.3 is 40.1 Å². The van der Waals surface area contributed by atoms with Crippen molar-refractivity contribution in [2.45, 2.75) is 220 Å². The fourth-order valence-corrected chi connectivity index (χ4v) is 14.0. The Morgan fingerprint density at radius 2 is 1.39 bits per heavy atom. The molecule has 10 nitrogen and oxygen atoms in total. The van der Waals surface area contributed by atoms with Crippen LogP contribution >= 0.6 is 0 Å². The van der Waals surface area contributed by atoms with Gasteiger partial charge in [0.15, 0.2) is 0 Å². The van der Waals surface area contributed by atoms with Gasteiger partial charge in [-0.2, -0.15) is 0 Å². The summed E-state index contributed by atoms with van der Waals surface area (Å²) in [6.07, 6.45) is 16.7. The summed E-state index contributed by atoms with van der Waals surface area (Å²) in [4.78, 5) is 26.2. The lowest BCUT2D eigenvalue weighted by Gasteiger charge is -2.72. The summed E-state index contributed by atoms with van der Waals surface area (Å²) < 4.78 is 12.1. The number of hydrogen-bond acceptors (Lipinski definition) is 9. The van der Waals surface area contributed by atoms with Crippen LogP contribution in [0.4, 0.5) is 0 Å². The van der Waals surface area contributed by atoms with Crippen molar-refractivity contribution in [2.75, 3.05) is 13.2 Å². The number of carboxylic acid groups (broad SMARTS) is 1. The molecule has 0 amide bonds. The van der Waals surface area contributed by atoms with Gasteiger partial charge in [-0.05, 0) is 97.2 Å². The Morgan fingerprint density at radius 1 is 0.797 bits per heavy atom. The van der Waals surface area contributed by atoms with Crippen LogP contribution in [-0.4, -0.2) is 86.5 Å². The Morgan fingerprint density at radius 3 is 1.95 bits per heavy atom. The second-order valence-corrected chi connectivity index (χ2v) is 21.9. The Kier molecular flexibility index (Phi) is 16.0. The van der Waals surface area contributed by atoms with Crippen molar-refractivity contribution in [2.24, 2.45) is 50.2 Å². The van der Waals surface area contributed by atoms with Crippen LogP contribution in [0.25, 0.3) is 0 Å². The summed E-state index contributed by atoms with van der Waals surface area (Å²) in [5.41, 5.74) is -2.30. The topological polar surface area (TPSA) is 174 Å². The lowest BCUT2D eigenvalue weighted by Crippen LogP contribution is -2.70. The van der Waals surface area contributed by atoms with Crippen LogP contribution in [0.3, 0.4) is 0 Å². The number of aliphatic hydroxyl groups excluding tert-OH is 5. The van der Waals surface area contributed by atoms with Crippen molar-refractivity contribution in [3.8, 4) is 0 Å². The molecule has 4 fully saturated rings. The molecule has 0 aromatic rings. The van der Waals surface area contributed by atoms with Crippen molar-refractivity contribution < 1.29 is 49.7 Å². The van der Waals surface area contributed by atoms with Gasteiger partial charge in [0.1, 0.15) is 11.5 Å². The van der Waals surface area contributed by atoms with E-state index in [1.807, 2.05) is 6.92 Å². The summed E-state index contributed by atoms with van der Waals surface area (Å²) in [5.74, 6) is -1.74. The quantitative estimate of drug-likeness (QED) is 0.0284. The minimum atomic E-state index is -1.52. The number of aliphatic hydroxyl groups is 5. The minimum absolute atomic E-state index is 0.0444. The molecular weight excluding hydrogens is 749 g/mol. The zero-order valence-electron chi connectivity index (χ0n) is 38.0. The van der Waals surface area contributed by atoms with E-state index in [-0.39, 0.29) is 41.6 Å². The second-order valence-electron chi connectivity index (χ2n) is 21.9. The molecule has 59 heavy (non-hydrogen) atoms. The Balaban J connectivity index is 1.24. The van der Waals surface area contributed by atoms with Crippen molar-refractivity contribution in [3.63, 3.8) is 0 Å². The number of carboxylic acids is 1. The maximum absolute atomic E-state index is 13.1. The molecule has 5 rings (SSSR count). The number of unbranched alkanes of at least 4 members (excludes halogenated alkanes) is 12. The number of allylic oxidation sites excluding steroid dienone is 2. The molecule has 13 unspecified atom stereocenters. The highest BCUT2D eigenvalue weighted by molar-refractivity contribution is 5.77. The number of ether oxygens (including phenoxy) is 2. The van der Waals surface area contributed by atoms with E-state index in [4.69, 9.17) is 9.47 Å². The molecule has 5 aliphatic rings. The lowest BCUT2D eigenvalue weighted by atomic mass is 9.33. The molecule has 0 saturated heterocycles. The molecule has 6 N–H and O–H groups in total. The first-order valence-corrected chi connectivity index (χ1v) is 23.9. The zero-order valence-corrected chi connectivity index (χ0v) is 38.0. The van der Waals surface area contributed by atoms with E-state index in [1.54, 1.807) is 0 Å². The van der Waals surface area contributed by atoms with Gasteiger partial charge in [-0.25, -0.2) is 0 Å². The average Bonchev–Trinajstić information content (AvgIpc) is 3.17. The largest absolute Gasteiger partial charge is 0.481 e. The number of hydrogen-bond donors (Lipinski definition) is 6. The normalized spacial score (nSPS) is 39.8. The first-order chi connectivity index (χ1) is 27.8. The van der Waals surface area contributed by atoms with Crippen LogP contribution in [0.5, 0.6) is 0 Å². The van der Waals surface area contributed by atoms with Crippen molar-refractivity contribution in [3.05, 3.63) is 11.6 Å². The van der Waals surface area contributed by atoms with Gasteiger partial charge in [-0.15, -0.1) is 0 Å². The smallest absolute Gasteiger partial charge is 0.312 e. The summed E-state index contributed by atoms with van der Waals surface area (Å²) in [6, 6.07) is 0. The van der Waals surface area contributed by atoms with Crippen LogP contribution < -0.4 is 0 Å². The third-order valence-corrected chi connectivity index (χ3v) is 17.6. The molecule has 4 saturated carbocycles. The van der Waals surface area contributed by atoms with E-state index in [0.29, 0.717) is 44.9 Å². The first-order valence-electron chi connectivity index (χ1n) is 23.9. The molecule has 0 bridgehead atoms. The van der Waals surface area contributed by atoms with Crippen molar-refractivity contribution >= 4 is 11.9 Å². The van der Waals surface area contributed by atoms with E-state index >= 15 is 0 Å². The van der Waals surface area contributed by atoms with Gasteiger partial charge in [-0.1, -0.05) is 137 Å². The van der Waals surface area contributed by atoms with Crippen molar-refractivity contribution in [1.29, 1.82) is 0 Å². The Hall–Kier alpha value is -1.56. The summed E-state index contributed by atoms with van der Waals surface area (Å²) in [6.45, 7) is 14.4. The molecule has 0 aromatic carbocycles. The zero-order chi connectivity index (χ0) is 43.4. The van der Waals surface area contributed by atoms with Crippen LogP contribution in [0.15, 0.2) is 11.6 Å². The summed E-state index contributed by atoms with van der Waals surface area (Å²) in [5, 5.41) is 66.9. The van der Waals surface area contributed by atoms with Gasteiger partial charge in [0.05, 0.1) is 31.5 Å². The molecule has 340 valence electrons. The van der Waals surface area contributed by atoms with Crippen LogP contribution in [0.2, 0.25) is 0 Å². The van der Waals surface area contributed by atoms with Crippen LogP contribution in [0.1, 0.15) is 190 Å². The molecule has 0 aromatic heterocycles. The van der Waals surface area contributed by atoms with E-state index < -0.39 is 70.9 Å². The molecule has 10 heteroatoms. The molecule has 13 atom stereocenters. The second kappa shape index (κ2) is 19.5. The van der Waals surface area contributed by atoms with Gasteiger partial charge in [-0.3, -0.25) is 9.59 Å². The highest BCUT2D eigenvalue weighted by atomic mass is 16.7. The van der Waals surface area contributed by atoms with E-state index in [0.717, 1.165) is 32.1 Å². The fraction of sp³-hybridized carbons (Fsp3) is 0.918. The number of fused-ring (bicyclic) bond motifs is 7. The predicted octanol–water partition coefficient (Wildman–Crippen LogP) is 8.88. The Labute approximate surface area is 356 Å². The Bertz CT molecular complexity index is 1450. The lowest BCUT2D eigenvalue weighted by molar-refractivity contribution is -0.299. The van der Waals surface area contributed by atoms with Crippen LogP contribution in [-0.2, 0) is 19.1 Å². The minimum Gasteiger partial charge on any atom is -0.481 e. The maximum atomic E-state index is 13.1. The third kappa shape index (κ3) is 9.25. The molecule has 0 aliphatic heterocycles. The van der Waals surface area contributed by atoms with E-state index in [9.17, 15) is 40.2 Å². The van der Waals surface area contributed by atoms with Gasteiger partial charge >= 0.3 is 11.9 Å². The highest BCUT2D eigenvalue weighted by Gasteiger charge is 2.72. The predicted molar refractivity (Wildman–Crippen MR) is 229 cm³/mol. The maximum Gasteiger partial charge on any atom is 0.312 e. The van der Waals surface area contributed by atoms with Gasteiger partial charge in [0.2, 0.25) is 6.29 Å². The molecule has 5 aliphatic carbocycles. The van der Waals surface area contributed by atoms with Gasteiger partial charge in [0.25, 0.3) is 0 Å². The standard InChI is InChI=1S/C49H84O10/c1-8-9-10-11-12-13-14-15-16-17-18-19-20-21-40(55)58-42(36(53)31-50)59-41-35(52)29-45(4)37(46(41,5)32-51)24-25-47(6)38(45)23-22-33-34-28-44(2,3)26-27-49(34,43(56)57)39(54)30-48(33,47)7/h22,34-39,41-42,50-54H,8-21,23-32H2,1-7H3,(H,56,57). The molecule has 0 heterocycles.